The first-order valence-electron chi connectivity index (χ1n) is 7.29. The van der Waals surface area contributed by atoms with Crippen molar-refractivity contribution in [2.45, 2.75) is 46.1 Å². The van der Waals surface area contributed by atoms with Crippen molar-refractivity contribution in [3.63, 3.8) is 0 Å². The van der Waals surface area contributed by atoms with Crippen LogP contribution >= 0.6 is 0 Å². The van der Waals surface area contributed by atoms with Gasteiger partial charge >= 0.3 is 0 Å². The number of hydrogen-bond acceptors (Lipinski definition) is 1. The fourth-order valence-corrected chi connectivity index (χ4v) is 2.72. The summed E-state index contributed by atoms with van der Waals surface area (Å²) in [6, 6.07) is 14.7. The third-order valence-electron chi connectivity index (χ3n) is 4.19. The lowest BCUT2D eigenvalue weighted by Gasteiger charge is -2.20. The normalized spacial score (nSPS) is 14.1. The van der Waals surface area contributed by atoms with Crippen LogP contribution in [0.5, 0.6) is 0 Å². The summed E-state index contributed by atoms with van der Waals surface area (Å²) < 4.78 is 0. The quantitative estimate of drug-likeness (QED) is 0.841. The molecule has 106 valence electrons. The first kappa shape index (κ1) is 14.8. The van der Waals surface area contributed by atoms with Crippen LogP contribution in [0.3, 0.4) is 0 Å². The van der Waals surface area contributed by atoms with E-state index in [1.165, 1.54) is 22.3 Å². The molecule has 0 amide bonds. The van der Waals surface area contributed by atoms with Crippen LogP contribution in [-0.4, -0.2) is 5.11 Å². The zero-order valence-electron chi connectivity index (χ0n) is 12.9. The Balaban J connectivity index is 2.16. The van der Waals surface area contributed by atoms with Crippen molar-refractivity contribution >= 4 is 0 Å². The number of benzene rings is 2. The summed E-state index contributed by atoms with van der Waals surface area (Å²) in [5, 5.41) is 10.5. The molecule has 0 saturated heterocycles. The average Bonchev–Trinajstić information content (AvgIpc) is 2.43. The minimum Gasteiger partial charge on any atom is -0.388 e. The molecule has 0 saturated carbocycles. The summed E-state index contributed by atoms with van der Waals surface area (Å²) in [5.41, 5.74) is 6.07. The Kier molecular flexibility index (Phi) is 4.61. The lowest BCUT2D eigenvalue weighted by Crippen LogP contribution is -2.06. The largest absolute Gasteiger partial charge is 0.388 e. The van der Waals surface area contributed by atoms with E-state index in [4.69, 9.17) is 0 Å². The van der Waals surface area contributed by atoms with Crippen LogP contribution < -0.4 is 0 Å². The highest BCUT2D eigenvalue weighted by Crippen LogP contribution is 2.30. The van der Waals surface area contributed by atoms with E-state index < -0.39 is 6.10 Å². The summed E-state index contributed by atoms with van der Waals surface area (Å²) in [6.45, 7) is 8.48. The van der Waals surface area contributed by atoms with Crippen molar-refractivity contribution in [2.75, 3.05) is 0 Å². The highest BCUT2D eigenvalue weighted by atomic mass is 16.3. The first-order valence-corrected chi connectivity index (χ1v) is 7.29. The molecule has 1 nitrogen and oxygen atoms in total. The van der Waals surface area contributed by atoms with E-state index in [0.29, 0.717) is 5.92 Å². The predicted molar refractivity (Wildman–Crippen MR) is 85.1 cm³/mol. The predicted octanol–water partition coefficient (Wildman–Crippen LogP) is 4.84. The van der Waals surface area contributed by atoms with E-state index in [9.17, 15) is 5.11 Å². The van der Waals surface area contributed by atoms with Crippen molar-refractivity contribution in [2.24, 2.45) is 0 Å². The molecule has 2 unspecified atom stereocenters. The van der Waals surface area contributed by atoms with Crippen LogP contribution in [0.15, 0.2) is 42.5 Å². The standard InChI is InChI=1S/C19H24O/c1-13-10-16(4)18(11-14(13)2)19(20)12-15(3)17-8-6-5-7-9-17/h5-11,15,19-20H,12H2,1-4H3. The molecule has 1 heteroatoms. The lowest BCUT2D eigenvalue weighted by atomic mass is 9.89. The number of rotatable bonds is 4. The number of aryl methyl sites for hydroxylation is 3. The van der Waals surface area contributed by atoms with Crippen LogP contribution in [0.2, 0.25) is 0 Å². The molecule has 0 fully saturated rings. The summed E-state index contributed by atoms with van der Waals surface area (Å²) >= 11 is 0. The van der Waals surface area contributed by atoms with Crippen LogP contribution in [-0.2, 0) is 0 Å². The van der Waals surface area contributed by atoms with Crippen molar-refractivity contribution < 1.29 is 5.11 Å². The first-order chi connectivity index (χ1) is 9.49. The van der Waals surface area contributed by atoms with Gasteiger partial charge in [-0.3, -0.25) is 0 Å². The van der Waals surface area contributed by atoms with Crippen LogP contribution in [0.4, 0.5) is 0 Å². The van der Waals surface area contributed by atoms with Gasteiger partial charge < -0.3 is 5.11 Å². The van der Waals surface area contributed by atoms with E-state index in [-0.39, 0.29) is 0 Å². The molecule has 2 aromatic carbocycles. The van der Waals surface area contributed by atoms with Crippen molar-refractivity contribution in [3.8, 4) is 0 Å². The van der Waals surface area contributed by atoms with Gasteiger partial charge in [-0.1, -0.05) is 49.4 Å². The van der Waals surface area contributed by atoms with Crippen LogP contribution in [0.1, 0.15) is 53.2 Å². The van der Waals surface area contributed by atoms with Crippen molar-refractivity contribution in [1.82, 2.24) is 0 Å². The Labute approximate surface area is 122 Å². The van der Waals surface area contributed by atoms with Crippen LogP contribution in [0.25, 0.3) is 0 Å². The highest BCUT2D eigenvalue weighted by Gasteiger charge is 2.16. The summed E-state index contributed by atoms with van der Waals surface area (Å²) in [5.74, 6) is 0.354. The molecule has 0 radical (unpaired) electrons. The van der Waals surface area contributed by atoms with Gasteiger partial charge in [0, 0.05) is 0 Å². The molecule has 0 aliphatic rings. The zero-order valence-corrected chi connectivity index (χ0v) is 12.9. The Morgan fingerprint density at radius 2 is 1.50 bits per heavy atom. The maximum absolute atomic E-state index is 10.5. The van der Waals surface area contributed by atoms with Gasteiger partial charge in [0.25, 0.3) is 0 Å². The number of hydrogen-bond donors (Lipinski definition) is 1. The smallest absolute Gasteiger partial charge is 0.0798 e. The number of aliphatic hydroxyl groups excluding tert-OH is 1. The second kappa shape index (κ2) is 6.23. The Hall–Kier alpha value is -1.60. The summed E-state index contributed by atoms with van der Waals surface area (Å²) in [4.78, 5) is 0. The topological polar surface area (TPSA) is 20.2 Å². The summed E-state index contributed by atoms with van der Waals surface area (Å²) in [6.07, 6.45) is 0.359. The van der Waals surface area contributed by atoms with E-state index in [1.807, 2.05) is 6.07 Å². The van der Waals surface area contributed by atoms with Gasteiger partial charge in [-0.05, 0) is 60.9 Å². The molecule has 0 spiro atoms. The van der Waals surface area contributed by atoms with Gasteiger partial charge in [-0.15, -0.1) is 0 Å². The van der Waals surface area contributed by atoms with Gasteiger partial charge in [0.1, 0.15) is 0 Å². The second-order valence-corrected chi connectivity index (χ2v) is 5.86. The van der Waals surface area contributed by atoms with E-state index >= 15 is 0 Å². The maximum atomic E-state index is 10.5. The molecule has 0 bridgehead atoms. The molecule has 0 aromatic heterocycles. The molecule has 2 atom stereocenters. The number of aliphatic hydroxyl groups is 1. The molecule has 2 rings (SSSR count). The fourth-order valence-electron chi connectivity index (χ4n) is 2.72. The highest BCUT2D eigenvalue weighted by molar-refractivity contribution is 5.37. The Morgan fingerprint density at radius 1 is 0.900 bits per heavy atom. The van der Waals surface area contributed by atoms with Crippen molar-refractivity contribution in [1.29, 1.82) is 0 Å². The summed E-state index contributed by atoms with van der Waals surface area (Å²) in [7, 11) is 0. The molecule has 1 N–H and O–H groups in total. The third-order valence-corrected chi connectivity index (χ3v) is 4.19. The molecule has 20 heavy (non-hydrogen) atoms. The molecule has 2 aromatic rings. The fraction of sp³-hybridized carbons (Fsp3) is 0.368. The van der Waals surface area contributed by atoms with Gasteiger partial charge in [-0.2, -0.15) is 0 Å². The van der Waals surface area contributed by atoms with Gasteiger partial charge in [0.15, 0.2) is 0 Å². The minimum atomic E-state index is -0.399. The van der Waals surface area contributed by atoms with Gasteiger partial charge in [-0.25, -0.2) is 0 Å². The minimum absolute atomic E-state index is 0.354. The molecule has 0 aliphatic carbocycles. The average molecular weight is 268 g/mol. The van der Waals surface area contributed by atoms with Crippen molar-refractivity contribution in [3.05, 3.63) is 70.3 Å². The van der Waals surface area contributed by atoms with Gasteiger partial charge in [0.2, 0.25) is 0 Å². The second-order valence-electron chi connectivity index (χ2n) is 5.86. The Bertz CT molecular complexity index is 572. The zero-order chi connectivity index (χ0) is 14.7. The molecule has 0 aliphatic heterocycles. The Morgan fingerprint density at radius 3 is 2.15 bits per heavy atom. The van der Waals surface area contributed by atoms with Crippen LogP contribution in [0, 0.1) is 20.8 Å². The third kappa shape index (κ3) is 3.29. The lowest BCUT2D eigenvalue weighted by molar-refractivity contribution is 0.159. The maximum Gasteiger partial charge on any atom is 0.0798 e. The van der Waals surface area contributed by atoms with Gasteiger partial charge in [0.05, 0.1) is 6.10 Å². The van der Waals surface area contributed by atoms with E-state index in [0.717, 1.165) is 12.0 Å². The molecule has 0 heterocycles. The molecular formula is C19H24O. The van der Waals surface area contributed by atoms with E-state index in [2.05, 4.69) is 64.1 Å². The molecular weight excluding hydrogens is 244 g/mol. The SMILES string of the molecule is Cc1cc(C)c(C(O)CC(C)c2ccccc2)cc1C. The monoisotopic (exact) mass is 268 g/mol. The van der Waals surface area contributed by atoms with E-state index in [1.54, 1.807) is 0 Å².